The van der Waals surface area contributed by atoms with Crippen LogP contribution in [0.2, 0.25) is 0 Å². The van der Waals surface area contributed by atoms with Crippen molar-refractivity contribution < 1.29 is 4.79 Å². The van der Waals surface area contributed by atoms with Crippen LogP contribution < -0.4 is 5.32 Å². The number of hydrogen-bond acceptors (Lipinski definition) is 1. The van der Waals surface area contributed by atoms with Crippen molar-refractivity contribution in [2.45, 2.75) is 0 Å². The van der Waals surface area contributed by atoms with Gasteiger partial charge in [0.1, 0.15) is 0 Å². The molecule has 2 nitrogen and oxygen atoms in total. The lowest BCUT2D eigenvalue weighted by atomic mass is 10.2. The zero-order valence-electron chi connectivity index (χ0n) is 7.08. The number of amides is 1. The summed E-state index contributed by atoms with van der Waals surface area (Å²) in [7, 11) is 0. The van der Waals surface area contributed by atoms with Crippen LogP contribution in [0.25, 0.3) is 0 Å². The van der Waals surface area contributed by atoms with E-state index in [1.165, 1.54) is 6.08 Å². The highest BCUT2D eigenvalue weighted by atomic mass is 16.1. The molecular weight excluding hydrogens is 162 g/mol. The third kappa shape index (κ3) is 2.49. The average molecular weight is 171 g/mol. The Morgan fingerprint density at radius 2 is 2.08 bits per heavy atom. The summed E-state index contributed by atoms with van der Waals surface area (Å²) in [6.07, 6.45) is 6.39. The second kappa shape index (κ2) is 4.13. The molecular formula is C11H9NO. The maximum atomic E-state index is 10.9. The molecule has 1 N–H and O–H groups in total. The number of carbonyl (C=O) groups is 1. The van der Waals surface area contributed by atoms with Gasteiger partial charge in [0.15, 0.2) is 0 Å². The van der Waals surface area contributed by atoms with Crippen LogP contribution in [0, 0.1) is 12.3 Å². The Morgan fingerprint density at radius 1 is 1.46 bits per heavy atom. The van der Waals surface area contributed by atoms with Gasteiger partial charge in [0.05, 0.1) is 0 Å². The number of benzene rings is 1. The monoisotopic (exact) mass is 171 g/mol. The summed E-state index contributed by atoms with van der Waals surface area (Å²) >= 11 is 0. The summed E-state index contributed by atoms with van der Waals surface area (Å²) < 4.78 is 0. The molecule has 0 aromatic heterocycles. The van der Waals surface area contributed by atoms with Crippen LogP contribution in [0.4, 0.5) is 5.69 Å². The molecule has 0 aliphatic heterocycles. The molecule has 0 heterocycles. The fourth-order valence-corrected chi connectivity index (χ4v) is 0.843. The molecule has 0 atom stereocenters. The predicted octanol–water partition coefficient (Wildman–Crippen LogP) is 1.79. The van der Waals surface area contributed by atoms with Crippen molar-refractivity contribution in [3.05, 3.63) is 42.5 Å². The van der Waals surface area contributed by atoms with E-state index in [4.69, 9.17) is 6.42 Å². The van der Waals surface area contributed by atoms with E-state index in [9.17, 15) is 4.79 Å². The molecule has 0 fully saturated rings. The lowest BCUT2D eigenvalue weighted by Crippen LogP contribution is -2.06. The van der Waals surface area contributed by atoms with Gasteiger partial charge in [0.2, 0.25) is 5.91 Å². The maximum Gasteiger partial charge on any atom is 0.247 e. The Bertz CT molecular complexity index is 357. The number of nitrogens with one attached hydrogen (secondary N) is 1. The Balaban J connectivity index is 2.76. The third-order valence-corrected chi connectivity index (χ3v) is 1.50. The number of rotatable bonds is 2. The SMILES string of the molecule is C#Cc1ccc(NC(=O)C=C)cc1. The number of anilines is 1. The lowest BCUT2D eigenvalue weighted by Gasteiger charge is -2.00. The molecule has 0 saturated carbocycles. The van der Waals surface area contributed by atoms with Gasteiger partial charge in [-0.2, -0.15) is 0 Å². The summed E-state index contributed by atoms with van der Waals surface area (Å²) in [6.45, 7) is 3.35. The Hall–Kier alpha value is -2.01. The smallest absolute Gasteiger partial charge is 0.247 e. The van der Waals surface area contributed by atoms with Gasteiger partial charge in [0.25, 0.3) is 0 Å². The summed E-state index contributed by atoms with van der Waals surface area (Å²) in [4.78, 5) is 10.9. The van der Waals surface area contributed by atoms with Crippen LogP contribution in [0.1, 0.15) is 5.56 Å². The molecule has 0 spiro atoms. The third-order valence-electron chi connectivity index (χ3n) is 1.50. The fourth-order valence-electron chi connectivity index (χ4n) is 0.843. The van der Waals surface area contributed by atoms with E-state index >= 15 is 0 Å². The van der Waals surface area contributed by atoms with Crippen LogP contribution >= 0.6 is 0 Å². The van der Waals surface area contributed by atoms with Gasteiger partial charge in [-0.15, -0.1) is 6.42 Å². The first kappa shape index (κ1) is 9.08. The molecule has 0 unspecified atom stereocenters. The summed E-state index contributed by atoms with van der Waals surface area (Å²) in [6, 6.07) is 7.02. The van der Waals surface area contributed by atoms with Crippen LogP contribution in [0.5, 0.6) is 0 Å². The van der Waals surface area contributed by atoms with Crippen LogP contribution in [0.3, 0.4) is 0 Å². The molecule has 1 aromatic carbocycles. The minimum Gasteiger partial charge on any atom is -0.323 e. The number of terminal acetylenes is 1. The Morgan fingerprint density at radius 3 is 2.54 bits per heavy atom. The quantitative estimate of drug-likeness (QED) is 0.533. The molecule has 64 valence electrons. The molecule has 0 aliphatic rings. The van der Waals surface area contributed by atoms with Gasteiger partial charge < -0.3 is 5.32 Å². The molecule has 1 aromatic rings. The van der Waals surface area contributed by atoms with Gasteiger partial charge >= 0.3 is 0 Å². The molecule has 1 rings (SSSR count). The maximum absolute atomic E-state index is 10.9. The molecule has 0 radical (unpaired) electrons. The van der Waals surface area contributed by atoms with Crippen molar-refractivity contribution >= 4 is 11.6 Å². The summed E-state index contributed by atoms with van der Waals surface area (Å²) in [5.41, 5.74) is 1.50. The van der Waals surface area contributed by atoms with E-state index in [0.29, 0.717) is 5.69 Å². The van der Waals surface area contributed by atoms with Crippen LogP contribution in [-0.2, 0) is 4.79 Å². The molecule has 1 amide bonds. The van der Waals surface area contributed by atoms with Crippen LogP contribution in [0.15, 0.2) is 36.9 Å². The molecule has 0 aliphatic carbocycles. The first-order valence-corrected chi connectivity index (χ1v) is 3.76. The van der Waals surface area contributed by atoms with Gasteiger partial charge in [-0.1, -0.05) is 12.5 Å². The van der Waals surface area contributed by atoms with Gasteiger partial charge in [0, 0.05) is 11.3 Å². The summed E-state index contributed by atoms with van der Waals surface area (Å²) in [5, 5.41) is 2.62. The topological polar surface area (TPSA) is 29.1 Å². The second-order valence-electron chi connectivity index (χ2n) is 2.42. The van der Waals surface area contributed by atoms with Crippen molar-refractivity contribution in [2.75, 3.05) is 5.32 Å². The van der Waals surface area contributed by atoms with E-state index in [0.717, 1.165) is 5.56 Å². The van der Waals surface area contributed by atoms with E-state index < -0.39 is 0 Å². The largest absolute Gasteiger partial charge is 0.323 e. The number of carbonyl (C=O) groups excluding carboxylic acids is 1. The van der Waals surface area contributed by atoms with Crippen molar-refractivity contribution in [3.8, 4) is 12.3 Å². The van der Waals surface area contributed by atoms with Crippen molar-refractivity contribution in [1.82, 2.24) is 0 Å². The van der Waals surface area contributed by atoms with Crippen LogP contribution in [-0.4, -0.2) is 5.91 Å². The average Bonchev–Trinajstić information content (AvgIpc) is 2.19. The zero-order chi connectivity index (χ0) is 9.68. The van der Waals surface area contributed by atoms with E-state index in [2.05, 4.69) is 17.8 Å². The first-order chi connectivity index (χ1) is 6.26. The zero-order valence-corrected chi connectivity index (χ0v) is 7.08. The summed E-state index contributed by atoms with van der Waals surface area (Å²) in [5.74, 6) is 2.26. The Labute approximate surface area is 77.3 Å². The van der Waals surface area contributed by atoms with Gasteiger partial charge in [-0.3, -0.25) is 4.79 Å². The molecule has 2 heteroatoms. The molecule has 0 saturated heterocycles. The minimum atomic E-state index is -0.228. The van der Waals surface area contributed by atoms with Crippen molar-refractivity contribution in [3.63, 3.8) is 0 Å². The minimum absolute atomic E-state index is 0.228. The van der Waals surface area contributed by atoms with Crippen molar-refractivity contribution in [1.29, 1.82) is 0 Å². The highest BCUT2D eigenvalue weighted by molar-refractivity contribution is 5.98. The highest BCUT2D eigenvalue weighted by Gasteiger charge is 1.95. The molecule has 13 heavy (non-hydrogen) atoms. The predicted molar refractivity (Wildman–Crippen MR) is 53.2 cm³/mol. The number of hydrogen-bond donors (Lipinski definition) is 1. The van der Waals surface area contributed by atoms with E-state index in [-0.39, 0.29) is 5.91 Å². The normalized spacial score (nSPS) is 8.54. The van der Waals surface area contributed by atoms with E-state index in [1.807, 2.05) is 0 Å². The lowest BCUT2D eigenvalue weighted by molar-refractivity contribution is -0.111. The highest BCUT2D eigenvalue weighted by Crippen LogP contribution is 2.08. The first-order valence-electron chi connectivity index (χ1n) is 3.76. The van der Waals surface area contributed by atoms with Gasteiger partial charge in [-0.25, -0.2) is 0 Å². The fraction of sp³-hybridized carbons (Fsp3) is 0. The Kier molecular flexibility index (Phi) is 2.88. The van der Waals surface area contributed by atoms with Gasteiger partial charge in [-0.05, 0) is 30.3 Å². The standard InChI is InChI=1S/C11H9NO/c1-3-9-5-7-10(8-6-9)12-11(13)4-2/h1,4-8H,2H2,(H,12,13). The van der Waals surface area contributed by atoms with Crippen molar-refractivity contribution in [2.24, 2.45) is 0 Å². The molecule has 0 bridgehead atoms. The second-order valence-corrected chi connectivity index (χ2v) is 2.42. The van der Waals surface area contributed by atoms with E-state index in [1.54, 1.807) is 24.3 Å².